The summed E-state index contributed by atoms with van der Waals surface area (Å²) in [5, 5.41) is 2.30. The number of hydrogen-bond acceptors (Lipinski definition) is 4. The van der Waals surface area contributed by atoms with Crippen LogP contribution < -0.4 is 14.2 Å². The number of benzene rings is 2. The molecule has 0 spiro atoms. The summed E-state index contributed by atoms with van der Waals surface area (Å²) < 4.78 is 16.3. The van der Waals surface area contributed by atoms with Crippen LogP contribution in [0.2, 0.25) is 0 Å². The quantitative estimate of drug-likeness (QED) is 0.717. The van der Waals surface area contributed by atoms with Crippen molar-refractivity contribution < 1.29 is 14.2 Å². The largest absolute Gasteiger partial charge is 0.497 e. The lowest BCUT2D eigenvalue weighted by Gasteiger charge is -2.12. The Morgan fingerprint density at radius 3 is 2.38 bits per heavy atom. The van der Waals surface area contributed by atoms with Gasteiger partial charge in [-0.15, -0.1) is 0 Å². The van der Waals surface area contributed by atoms with Crippen molar-refractivity contribution in [3.63, 3.8) is 0 Å². The molecule has 1 unspecified atom stereocenters. The number of methoxy groups -OCH3 is 3. The third-order valence-electron chi connectivity index (χ3n) is 4.85. The summed E-state index contributed by atoms with van der Waals surface area (Å²) >= 11 is 0. The van der Waals surface area contributed by atoms with E-state index in [2.05, 4.69) is 19.1 Å². The van der Waals surface area contributed by atoms with Gasteiger partial charge in [0.15, 0.2) is 11.5 Å². The summed E-state index contributed by atoms with van der Waals surface area (Å²) in [4.78, 5) is 4.73. The first-order valence-electron chi connectivity index (χ1n) is 7.91. The molecule has 0 aliphatic heterocycles. The van der Waals surface area contributed by atoms with Gasteiger partial charge in [0.1, 0.15) is 5.75 Å². The molecule has 4 heteroatoms. The average Bonchev–Trinajstić information content (AvgIpc) is 2.92. The first kappa shape index (κ1) is 14.8. The van der Waals surface area contributed by atoms with Crippen LogP contribution in [0.1, 0.15) is 24.0 Å². The fourth-order valence-electron chi connectivity index (χ4n) is 3.62. The lowest BCUT2D eigenvalue weighted by atomic mass is 9.95. The monoisotopic (exact) mass is 321 g/mol. The van der Waals surface area contributed by atoms with Crippen molar-refractivity contribution in [3.8, 4) is 28.5 Å². The SMILES string of the molecule is COc1ccc2c3c(ncc2c1)-c1cc(OC)c(OC)cc1C3C. The van der Waals surface area contributed by atoms with Gasteiger partial charge in [0.25, 0.3) is 0 Å². The zero-order chi connectivity index (χ0) is 16.8. The van der Waals surface area contributed by atoms with Gasteiger partial charge in [0.05, 0.1) is 27.0 Å². The van der Waals surface area contributed by atoms with E-state index in [4.69, 9.17) is 19.2 Å². The summed E-state index contributed by atoms with van der Waals surface area (Å²) in [5.41, 5.74) is 4.61. The van der Waals surface area contributed by atoms with Gasteiger partial charge in [0, 0.05) is 23.1 Å². The van der Waals surface area contributed by atoms with Gasteiger partial charge in [-0.2, -0.15) is 0 Å². The van der Waals surface area contributed by atoms with E-state index in [0.717, 1.165) is 33.9 Å². The van der Waals surface area contributed by atoms with E-state index in [1.807, 2.05) is 24.4 Å². The van der Waals surface area contributed by atoms with Crippen molar-refractivity contribution in [1.82, 2.24) is 4.98 Å². The number of pyridine rings is 1. The Labute approximate surface area is 141 Å². The van der Waals surface area contributed by atoms with Gasteiger partial charge in [-0.05, 0) is 40.8 Å². The van der Waals surface area contributed by atoms with E-state index in [0.29, 0.717) is 0 Å². The predicted octanol–water partition coefficient (Wildman–Crippen LogP) is 4.39. The van der Waals surface area contributed by atoms with E-state index in [1.54, 1.807) is 21.3 Å². The first-order valence-corrected chi connectivity index (χ1v) is 7.91. The van der Waals surface area contributed by atoms with E-state index in [-0.39, 0.29) is 5.92 Å². The van der Waals surface area contributed by atoms with Crippen molar-refractivity contribution in [3.05, 3.63) is 47.7 Å². The molecular weight excluding hydrogens is 302 g/mol. The van der Waals surface area contributed by atoms with Crippen LogP contribution in [0.4, 0.5) is 0 Å². The third-order valence-corrected chi connectivity index (χ3v) is 4.85. The molecule has 1 aliphatic rings. The maximum atomic E-state index is 5.46. The van der Waals surface area contributed by atoms with E-state index >= 15 is 0 Å². The molecule has 0 bridgehead atoms. The molecule has 1 atom stereocenters. The van der Waals surface area contributed by atoms with Crippen LogP contribution in [-0.4, -0.2) is 26.3 Å². The van der Waals surface area contributed by atoms with E-state index < -0.39 is 0 Å². The summed E-state index contributed by atoms with van der Waals surface area (Å²) in [7, 11) is 5.00. The Balaban J connectivity index is 1.98. The summed E-state index contributed by atoms with van der Waals surface area (Å²) in [5.74, 6) is 2.57. The van der Waals surface area contributed by atoms with Crippen LogP contribution in [-0.2, 0) is 0 Å². The lowest BCUT2D eigenvalue weighted by molar-refractivity contribution is 0.354. The summed E-state index contributed by atoms with van der Waals surface area (Å²) in [6, 6.07) is 10.2. The first-order chi connectivity index (χ1) is 11.7. The number of aromatic nitrogens is 1. The zero-order valence-electron chi connectivity index (χ0n) is 14.2. The Morgan fingerprint density at radius 1 is 0.917 bits per heavy atom. The van der Waals surface area contributed by atoms with Gasteiger partial charge in [-0.25, -0.2) is 0 Å². The fourth-order valence-corrected chi connectivity index (χ4v) is 3.62. The van der Waals surface area contributed by atoms with Crippen molar-refractivity contribution in [2.24, 2.45) is 0 Å². The molecule has 1 heterocycles. The maximum Gasteiger partial charge on any atom is 0.161 e. The van der Waals surface area contributed by atoms with Crippen molar-refractivity contribution in [2.75, 3.05) is 21.3 Å². The molecule has 1 aliphatic carbocycles. The highest BCUT2D eigenvalue weighted by Crippen LogP contribution is 2.49. The predicted molar refractivity (Wildman–Crippen MR) is 94.4 cm³/mol. The van der Waals surface area contributed by atoms with Crippen molar-refractivity contribution in [2.45, 2.75) is 12.8 Å². The second kappa shape index (κ2) is 5.41. The van der Waals surface area contributed by atoms with Crippen LogP contribution in [0.3, 0.4) is 0 Å². The normalized spacial score (nSPS) is 15.1. The van der Waals surface area contributed by atoms with E-state index in [9.17, 15) is 0 Å². The number of rotatable bonds is 3. The topological polar surface area (TPSA) is 40.6 Å². The molecule has 122 valence electrons. The number of ether oxygens (including phenoxy) is 3. The standard InChI is InChI=1S/C20H19NO3/c1-11-15-8-17(23-3)18(24-4)9-16(15)20-19(11)14-6-5-13(22-2)7-12(14)10-21-20/h5-11H,1-4H3. The van der Waals surface area contributed by atoms with Crippen LogP contribution >= 0.6 is 0 Å². The minimum absolute atomic E-state index is 0.249. The molecule has 1 aromatic heterocycles. The van der Waals surface area contributed by atoms with Gasteiger partial charge in [-0.1, -0.05) is 13.0 Å². The van der Waals surface area contributed by atoms with Crippen LogP contribution in [0.15, 0.2) is 36.5 Å². The molecule has 0 amide bonds. The molecule has 0 saturated heterocycles. The minimum atomic E-state index is 0.249. The Hall–Kier alpha value is -2.75. The zero-order valence-corrected chi connectivity index (χ0v) is 14.2. The molecule has 3 aromatic rings. The Bertz CT molecular complexity index is 949. The van der Waals surface area contributed by atoms with Crippen LogP contribution in [0.5, 0.6) is 17.2 Å². The van der Waals surface area contributed by atoms with E-state index in [1.165, 1.54) is 16.5 Å². The van der Waals surface area contributed by atoms with Gasteiger partial charge in [0.2, 0.25) is 0 Å². The molecular formula is C20H19NO3. The highest BCUT2D eigenvalue weighted by molar-refractivity contribution is 5.95. The van der Waals surface area contributed by atoms with Crippen LogP contribution in [0.25, 0.3) is 22.0 Å². The van der Waals surface area contributed by atoms with Gasteiger partial charge < -0.3 is 14.2 Å². The van der Waals surface area contributed by atoms with Gasteiger partial charge in [-0.3, -0.25) is 4.98 Å². The number of nitrogens with zero attached hydrogens (tertiary/aromatic N) is 1. The molecule has 0 fully saturated rings. The van der Waals surface area contributed by atoms with Crippen molar-refractivity contribution in [1.29, 1.82) is 0 Å². The second-order valence-electron chi connectivity index (χ2n) is 5.99. The minimum Gasteiger partial charge on any atom is -0.497 e. The smallest absolute Gasteiger partial charge is 0.161 e. The molecule has 24 heavy (non-hydrogen) atoms. The second-order valence-corrected chi connectivity index (χ2v) is 5.99. The van der Waals surface area contributed by atoms with Crippen molar-refractivity contribution >= 4 is 10.8 Å². The summed E-state index contributed by atoms with van der Waals surface area (Å²) in [6.45, 7) is 2.21. The fraction of sp³-hybridized carbons (Fsp3) is 0.250. The maximum absolute atomic E-state index is 5.46. The Kier molecular flexibility index (Phi) is 3.34. The number of fused-ring (bicyclic) bond motifs is 5. The molecule has 4 nitrogen and oxygen atoms in total. The summed E-state index contributed by atoms with van der Waals surface area (Å²) in [6.07, 6.45) is 1.91. The average molecular weight is 321 g/mol. The van der Waals surface area contributed by atoms with Gasteiger partial charge >= 0.3 is 0 Å². The molecule has 0 radical (unpaired) electrons. The third kappa shape index (κ3) is 1.96. The highest BCUT2D eigenvalue weighted by atomic mass is 16.5. The molecule has 2 aromatic carbocycles. The molecule has 4 rings (SSSR count). The van der Waals surface area contributed by atoms with Crippen LogP contribution in [0, 0.1) is 0 Å². The Morgan fingerprint density at radius 2 is 1.67 bits per heavy atom. The lowest BCUT2D eigenvalue weighted by Crippen LogP contribution is -1.95. The molecule has 0 saturated carbocycles. The molecule has 0 N–H and O–H groups in total. The number of hydrogen-bond donors (Lipinski definition) is 0. The highest BCUT2D eigenvalue weighted by Gasteiger charge is 2.30.